The van der Waals surface area contributed by atoms with Crippen LogP contribution < -0.4 is 0 Å². The first kappa shape index (κ1) is 64.9. The van der Waals surface area contributed by atoms with Gasteiger partial charge in [0, 0.05) is 12.8 Å². The molecule has 394 valence electrons. The van der Waals surface area contributed by atoms with Gasteiger partial charge >= 0.3 is 11.9 Å². The van der Waals surface area contributed by atoms with Crippen LogP contribution in [-0.2, 0) is 19.1 Å². The first-order valence-corrected chi connectivity index (χ1v) is 30.6. The number of unbranched alkanes of at least 4 members (excludes halogenated alkanes) is 50. The Morgan fingerprint density at radius 1 is 0.288 bits per heavy atom. The number of rotatable bonds is 58. The minimum atomic E-state index is -0.764. The number of ether oxygens (including phenoxy) is 2. The first-order chi connectivity index (χ1) is 32.6. The fourth-order valence-corrected chi connectivity index (χ4v) is 9.80. The number of hydrogen-bond donors (Lipinski definition) is 1. The Morgan fingerprint density at radius 3 is 0.667 bits per heavy atom. The fourth-order valence-electron chi connectivity index (χ4n) is 9.80. The SMILES string of the molecule is CCCCCCCCCCCCCCCCCCCCCCCCCCCCCCCCCCCCC(=O)OC(CO)COC(=O)CCCCCCCCCCCCCCCCCCCC. The van der Waals surface area contributed by atoms with Crippen molar-refractivity contribution in [2.75, 3.05) is 13.2 Å². The number of carbonyl (C=O) groups excluding carboxylic acids is 2. The number of hydrogen-bond acceptors (Lipinski definition) is 5. The van der Waals surface area contributed by atoms with Gasteiger partial charge in [0.05, 0.1) is 6.61 Å². The lowest BCUT2D eigenvalue weighted by molar-refractivity contribution is -0.161. The summed E-state index contributed by atoms with van der Waals surface area (Å²) < 4.78 is 10.7. The van der Waals surface area contributed by atoms with Crippen molar-refractivity contribution in [1.82, 2.24) is 0 Å². The van der Waals surface area contributed by atoms with Crippen LogP contribution in [0.15, 0.2) is 0 Å². The monoisotopic (exact) mass is 933 g/mol. The minimum absolute atomic E-state index is 0.0557. The second-order valence-electron chi connectivity index (χ2n) is 21.2. The van der Waals surface area contributed by atoms with Crippen molar-refractivity contribution < 1.29 is 24.2 Å². The van der Waals surface area contributed by atoms with Crippen molar-refractivity contribution in [2.45, 2.75) is 367 Å². The van der Waals surface area contributed by atoms with Gasteiger partial charge in [-0.25, -0.2) is 0 Å². The Kier molecular flexibility index (Phi) is 57.2. The summed E-state index contributed by atoms with van der Waals surface area (Å²) in [5.41, 5.74) is 0. The van der Waals surface area contributed by atoms with Crippen molar-refractivity contribution in [2.24, 2.45) is 0 Å². The predicted molar refractivity (Wildman–Crippen MR) is 289 cm³/mol. The maximum atomic E-state index is 12.3. The second-order valence-corrected chi connectivity index (χ2v) is 21.2. The largest absolute Gasteiger partial charge is 0.462 e. The molecule has 1 N–H and O–H groups in total. The van der Waals surface area contributed by atoms with E-state index < -0.39 is 6.10 Å². The maximum absolute atomic E-state index is 12.3. The summed E-state index contributed by atoms with van der Waals surface area (Å²) >= 11 is 0. The van der Waals surface area contributed by atoms with E-state index in [1.807, 2.05) is 0 Å². The Bertz CT molecular complexity index is 921. The average molecular weight is 934 g/mol. The van der Waals surface area contributed by atoms with Crippen LogP contribution in [0.25, 0.3) is 0 Å². The summed E-state index contributed by atoms with van der Waals surface area (Å²) in [5.74, 6) is -0.563. The lowest BCUT2D eigenvalue weighted by Crippen LogP contribution is -2.28. The van der Waals surface area contributed by atoms with Gasteiger partial charge in [-0.05, 0) is 12.8 Å². The Labute approximate surface area is 414 Å². The van der Waals surface area contributed by atoms with Crippen LogP contribution in [0.2, 0.25) is 0 Å². The standard InChI is InChI=1S/C61H120O5/c1-3-5-7-9-11-13-15-17-19-21-23-24-25-26-27-28-29-30-31-32-33-34-35-36-37-38-40-42-44-46-48-50-52-54-56-61(64)66-59(57-62)58-65-60(63)55-53-51-49-47-45-43-41-39-22-20-18-16-14-12-10-8-6-4-2/h59,62H,3-58H2,1-2H3. The van der Waals surface area contributed by atoms with Crippen molar-refractivity contribution in [3.63, 3.8) is 0 Å². The van der Waals surface area contributed by atoms with E-state index in [1.165, 1.54) is 302 Å². The molecular weight excluding hydrogens is 813 g/mol. The summed E-state index contributed by atoms with van der Waals surface area (Å²) in [6, 6.07) is 0. The highest BCUT2D eigenvalue weighted by atomic mass is 16.6. The molecule has 0 rings (SSSR count). The van der Waals surface area contributed by atoms with Crippen LogP contribution in [0.1, 0.15) is 361 Å². The van der Waals surface area contributed by atoms with Gasteiger partial charge < -0.3 is 14.6 Å². The molecule has 0 aromatic rings. The third kappa shape index (κ3) is 55.5. The number of aliphatic hydroxyl groups is 1. The molecule has 0 fully saturated rings. The van der Waals surface area contributed by atoms with Crippen LogP contribution >= 0.6 is 0 Å². The topological polar surface area (TPSA) is 72.8 Å². The van der Waals surface area contributed by atoms with Crippen molar-refractivity contribution in [3.05, 3.63) is 0 Å². The molecule has 1 atom stereocenters. The van der Waals surface area contributed by atoms with Gasteiger partial charge in [-0.2, -0.15) is 0 Å². The quantitative estimate of drug-likeness (QED) is 0.0486. The van der Waals surface area contributed by atoms with Crippen LogP contribution in [0, 0.1) is 0 Å². The lowest BCUT2D eigenvalue weighted by atomic mass is 10.0. The molecule has 66 heavy (non-hydrogen) atoms. The second kappa shape index (κ2) is 58.2. The Morgan fingerprint density at radius 2 is 0.470 bits per heavy atom. The van der Waals surface area contributed by atoms with Gasteiger partial charge in [0.1, 0.15) is 6.61 Å². The van der Waals surface area contributed by atoms with Crippen molar-refractivity contribution >= 4 is 11.9 Å². The third-order valence-corrected chi connectivity index (χ3v) is 14.4. The van der Waals surface area contributed by atoms with Gasteiger partial charge in [0.15, 0.2) is 6.10 Å². The van der Waals surface area contributed by atoms with E-state index in [2.05, 4.69) is 13.8 Å². The molecule has 0 heterocycles. The molecular formula is C61H120O5. The molecule has 0 aromatic heterocycles. The average Bonchev–Trinajstić information content (AvgIpc) is 3.32. The number of aliphatic hydroxyl groups excluding tert-OH is 1. The zero-order valence-electron chi connectivity index (χ0n) is 45.3. The zero-order chi connectivity index (χ0) is 47.7. The number of carbonyl (C=O) groups is 2. The minimum Gasteiger partial charge on any atom is -0.462 e. The molecule has 0 aliphatic heterocycles. The van der Waals surface area contributed by atoms with E-state index >= 15 is 0 Å². The normalized spacial score (nSPS) is 12.0. The molecule has 5 nitrogen and oxygen atoms in total. The van der Waals surface area contributed by atoms with E-state index in [9.17, 15) is 14.7 Å². The van der Waals surface area contributed by atoms with Gasteiger partial charge in [0.25, 0.3) is 0 Å². The maximum Gasteiger partial charge on any atom is 0.306 e. The Hall–Kier alpha value is -1.10. The molecule has 0 spiro atoms. The fraction of sp³-hybridized carbons (Fsp3) is 0.967. The molecule has 0 aliphatic rings. The van der Waals surface area contributed by atoms with E-state index in [-0.39, 0.29) is 25.2 Å². The molecule has 0 amide bonds. The molecule has 0 saturated heterocycles. The van der Waals surface area contributed by atoms with Crippen LogP contribution in [0.4, 0.5) is 0 Å². The Balaban J connectivity index is 3.35. The van der Waals surface area contributed by atoms with E-state index in [0.29, 0.717) is 12.8 Å². The van der Waals surface area contributed by atoms with Crippen LogP contribution in [0.5, 0.6) is 0 Å². The van der Waals surface area contributed by atoms with Gasteiger partial charge in [-0.3, -0.25) is 9.59 Å². The van der Waals surface area contributed by atoms with E-state index in [1.54, 1.807) is 0 Å². The molecule has 0 aromatic carbocycles. The highest BCUT2D eigenvalue weighted by Gasteiger charge is 2.16. The highest BCUT2D eigenvalue weighted by Crippen LogP contribution is 2.19. The van der Waals surface area contributed by atoms with E-state index in [4.69, 9.17) is 9.47 Å². The van der Waals surface area contributed by atoms with Gasteiger partial charge in [-0.1, -0.05) is 335 Å². The molecule has 1 unspecified atom stereocenters. The van der Waals surface area contributed by atoms with Crippen LogP contribution in [-0.4, -0.2) is 36.4 Å². The van der Waals surface area contributed by atoms with Crippen LogP contribution in [0.3, 0.4) is 0 Å². The van der Waals surface area contributed by atoms with Crippen molar-refractivity contribution in [3.8, 4) is 0 Å². The summed E-state index contributed by atoms with van der Waals surface area (Å²) in [4.78, 5) is 24.5. The highest BCUT2D eigenvalue weighted by molar-refractivity contribution is 5.70. The summed E-state index contributed by atoms with van der Waals surface area (Å²) in [7, 11) is 0. The summed E-state index contributed by atoms with van der Waals surface area (Å²) in [6.07, 6.45) is 71.1. The molecule has 5 heteroatoms. The van der Waals surface area contributed by atoms with E-state index in [0.717, 1.165) is 32.1 Å². The molecule has 0 bridgehead atoms. The van der Waals surface area contributed by atoms with Gasteiger partial charge in [0.2, 0.25) is 0 Å². The predicted octanol–water partition coefficient (Wildman–Crippen LogP) is 20.5. The molecule has 0 radical (unpaired) electrons. The zero-order valence-corrected chi connectivity index (χ0v) is 45.3. The lowest BCUT2D eigenvalue weighted by Gasteiger charge is -2.15. The number of esters is 2. The summed E-state index contributed by atoms with van der Waals surface area (Å²) in [5, 5.41) is 9.65. The third-order valence-electron chi connectivity index (χ3n) is 14.4. The van der Waals surface area contributed by atoms with Gasteiger partial charge in [-0.15, -0.1) is 0 Å². The molecule has 0 aliphatic carbocycles. The summed E-state index contributed by atoms with van der Waals surface area (Å²) in [6.45, 7) is 4.21. The first-order valence-electron chi connectivity index (χ1n) is 30.6. The molecule has 0 saturated carbocycles. The smallest absolute Gasteiger partial charge is 0.306 e. The van der Waals surface area contributed by atoms with Crippen molar-refractivity contribution in [1.29, 1.82) is 0 Å².